The number of hydrogen-bond acceptors (Lipinski definition) is 3. The highest BCUT2D eigenvalue weighted by atomic mass is 79.9. The maximum atomic E-state index is 11.9. The van der Waals surface area contributed by atoms with Crippen LogP contribution in [-0.2, 0) is 4.74 Å². The van der Waals surface area contributed by atoms with Gasteiger partial charge in [-0.1, -0.05) is 11.6 Å². The molecule has 0 aliphatic carbocycles. The van der Waals surface area contributed by atoms with E-state index in [0.717, 1.165) is 0 Å². The molecule has 0 bridgehead atoms. The number of ether oxygens (including phenoxy) is 2. The molecule has 0 saturated carbocycles. The standard InChI is InChI=1S/C12H14BrClF3NO2/c1-19-11-8(4-7(14)5-9(11)13)10(18)2-3-20-6-12(15,16)17/h4-5,10H,2-3,6,18H2,1H3. The molecule has 0 aliphatic rings. The van der Waals surface area contributed by atoms with Gasteiger partial charge in [-0.15, -0.1) is 0 Å². The normalized spacial score (nSPS) is 13.3. The largest absolute Gasteiger partial charge is 0.495 e. The zero-order chi connectivity index (χ0) is 15.3. The van der Waals surface area contributed by atoms with Crippen LogP contribution in [0, 0.1) is 0 Å². The van der Waals surface area contributed by atoms with Crippen LogP contribution in [0.2, 0.25) is 5.02 Å². The van der Waals surface area contributed by atoms with Gasteiger partial charge in [0.15, 0.2) is 0 Å². The Morgan fingerprint density at radius 3 is 2.60 bits per heavy atom. The van der Waals surface area contributed by atoms with Crippen LogP contribution < -0.4 is 10.5 Å². The minimum Gasteiger partial charge on any atom is -0.495 e. The van der Waals surface area contributed by atoms with E-state index in [-0.39, 0.29) is 13.0 Å². The summed E-state index contributed by atoms with van der Waals surface area (Å²) in [4.78, 5) is 0. The Labute approximate surface area is 128 Å². The van der Waals surface area contributed by atoms with E-state index >= 15 is 0 Å². The fourth-order valence-corrected chi connectivity index (χ4v) is 2.62. The monoisotopic (exact) mass is 375 g/mol. The van der Waals surface area contributed by atoms with Crippen LogP contribution >= 0.6 is 27.5 Å². The van der Waals surface area contributed by atoms with Crippen LogP contribution in [0.25, 0.3) is 0 Å². The molecule has 0 aliphatic heterocycles. The molecule has 0 heterocycles. The van der Waals surface area contributed by atoms with Crippen molar-refractivity contribution in [3.05, 3.63) is 27.2 Å². The molecule has 114 valence electrons. The van der Waals surface area contributed by atoms with Crippen LogP contribution in [0.15, 0.2) is 16.6 Å². The van der Waals surface area contributed by atoms with Crippen molar-refractivity contribution < 1.29 is 22.6 Å². The van der Waals surface area contributed by atoms with E-state index in [1.165, 1.54) is 7.11 Å². The van der Waals surface area contributed by atoms with Crippen molar-refractivity contribution >= 4 is 27.5 Å². The highest BCUT2D eigenvalue weighted by molar-refractivity contribution is 9.10. The Morgan fingerprint density at radius 1 is 1.40 bits per heavy atom. The third-order valence-corrected chi connectivity index (χ3v) is 3.29. The van der Waals surface area contributed by atoms with Crippen molar-refractivity contribution in [1.29, 1.82) is 0 Å². The molecule has 20 heavy (non-hydrogen) atoms. The number of methoxy groups -OCH3 is 1. The number of benzene rings is 1. The van der Waals surface area contributed by atoms with Crippen molar-refractivity contribution in [2.24, 2.45) is 5.73 Å². The van der Waals surface area contributed by atoms with Crippen LogP contribution in [-0.4, -0.2) is 26.5 Å². The van der Waals surface area contributed by atoms with E-state index in [0.29, 0.717) is 20.8 Å². The molecule has 0 amide bonds. The molecule has 0 aromatic heterocycles. The molecule has 1 atom stereocenters. The van der Waals surface area contributed by atoms with Gasteiger partial charge >= 0.3 is 6.18 Å². The number of rotatable bonds is 6. The second-order valence-corrected chi connectivity index (χ2v) is 5.36. The highest BCUT2D eigenvalue weighted by Gasteiger charge is 2.27. The van der Waals surface area contributed by atoms with Crippen LogP contribution in [0.4, 0.5) is 13.2 Å². The third kappa shape index (κ3) is 5.47. The first kappa shape index (κ1) is 17.6. The molecule has 0 spiro atoms. The zero-order valence-corrected chi connectivity index (χ0v) is 13.0. The van der Waals surface area contributed by atoms with Gasteiger partial charge in [0.25, 0.3) is 0 Å². The lowest BCUT2D eigenvalue weighted by Crippen LogP contribution is -2.20. The maximum absolute atomic E-state index is 11.9. The SMILES string of the molecule is COc1c(Br)cc(Cl)cc1C(N)CCOCC(F)(F)F. The lowest BCUT2D eigenvalue weighted by Gasteiger charge is -2.17. The minimum absolute atomic E-state index is 0.103. The Bertz CT molecular complexity index is 457. The number of hydrogen-bond donors (Lipinski definition) is 1. The highest BCUT2D eigenvalue weighted by Crippen LogP contribution is 2.36. The molecule has 2 N–H and O–H groups in total. The molecule has 1 rings (SSSR count). The molecule has 3 nitrogen and oxygen atoms in total. The molecular weight excluding hydrogens is 362 g/mol. The fraction of sp³-hybridized carbons (Fsp3) is 0.500. The van der Waals surface area contributed by atoms with E-state index in [1.807, 2.05) is 0 Å². The topological polar surface area (TPSA) is 44.5 Å². The summed E-state index contributed by atoms with van der Waals surface area (Å²) < 4.78 is 46.2. The Morgan fingerprint density at radius 2 is 2.05 bits per heavy atom. The summed E-state index contributed by atoms with van der Waals surface area (Å²) in [6.45, 7) is -1.38. The second-order valence-electron chi connectivity index (χ2n) is 4.07. The summed E-state index contributed by atoms with van der Waals surface area (Å²) in [5, 5.41) is 0.458. The van der Waals surface area contributed by atoms with E-state index < -0.39 is 18.8 Å². The van der Waals surface area contributed by atoms with Gasteiger partial charge in [0, 0.05) is 23.2 Å². The van der Waals surface area contributed by atoms with Crippen molar-refractivity contribution in [2.45, 2.75) is 18.6 Å². The molecule has 0 radical (unpaired) electrons. The quantitative estimate of drug-likeness (QED) is 0.761. The van der Waals surface area contributed by atoms with Crippen molar-refractivity contribution in [1.82, 2.24) is 0 Å². The average molecular weight is 377 g/mol. The predicted molar refractivity (Wildman–Crippen MR) is 74.1 cm³/mol. The van der Waals surface area contributed by atoms with E-state index in [9.17, 15) is 13.2 Å². The molecule has 1 unspecified atom stereocenters. The lowest BCUT2D eigenvalue weighted by molar-refractivity contribution is -0.174. The molecule has 0 saturated heterocycles. The first-order chi connectivity index (χ1) is 9.24. The smallest absolute Gasteiger partial charge is 0.411 e. The summed E-state index contributed by atoms with van der Waals surface area (Å²) in [6, 6.07) is 2.74. The maximum Gasteiger partial charge on any atom is 0.411 e. The number of alkyl halides is 3. The van der Waals surface area contributed by atoms with E-state index in [2.05, 4.69) is 20.7 Å². The first-order valence-corrected chi connectivity index (χ1v) is 6.84. The molecular formula is C12H14BrClF3NO2. The summed E-state index contributed by atoms with van der Waals surface area (Å²) >= 11 is 9.21. The third-order valence-electron chi connectivity index (χ3n) is 2.48. The predicted octanol–water partition coefficient (Wildman–Crippen LogP) is 4.08. The van der Waals surface area contributed by atoms with E-state index in [4.69, 9.17) is 22.1 Å². The van der Waals surface area contributed by atoms with Gasteiger partial charge in [-0.05, 0) is 34.5 Å². The number of nitrogens with two attached hydrogens (primary N) is 1. The first-order valence-electron chi connectivity index (χ1n) is 5.67. The van der Waals surface area contributed by atoms with E-state index in [1.54, 1.807) is 12.1 Å². The lowest BCUT2D eigenvalue weighted by atomic mass is 10.0. The molecule has 1 aromatic rings. The number of halogens is 5. The Balaban J connectivity index is 2.65. The van der Waals surface area contributed by atoms with Gasteiger partial charge in [0.2, 0.25) is 0 Å². The van der Waals surface area contributed by atoms with Gasteiger partial charge < -0.3 is 15.2 Å². The average Bonchev–Trinajstić information content (AvgIpc) is 2.32. The molecule has 0 fully saturated rings. The molecule has 1 aromatic carbocycles. The second kappa shape index (κ2) is 7.49. The summed E-state index contributed by atoms with van der Waals surface area (Å²) in [5.41, 5.74) is 6.55. The summed E-state index contributed by atoms with van der Waals surface area (Å²) in [5.74, 6) is 0.512. The van der Waals surface area contributed by atoms with Crippen molar-refractivity contribution in [3.63, 3.8) is 0 Å². The van der Waals surface area contributed by atoms with Crippen LogP contribution in [0.5, 0.6) is 5.75 Å². The molecule has 8 heteroatoms. The zero-order valence-electron chi connectivity index (χ0n) is 10.6. The van der Waals surface area contributed by atoms with Gasteiger partial charge in [-0.2, -0.15) is 13.2 Å². The Kier molecular flexibility index (Phi) is 6.57. The van der Waals surface area contributed by atoms with Gasteiger partial charge in [-0.25, -0.2) is 0 Å². The van der Waals surface area contributed by atoms with Gasteiger partial charge in [0.1, 0.15) is 12.4 Å². The summed E-state index contributed by atoms with van der Waals surface area (Å²) in [6.07, 6.45) is -4.11. The van der Waals surface area contributed by atoms with Crippen molar-refractivity contribution in [3.8, 4) is 5.75 Å². The van der Waals surface area contributed by atoms with Crippen LogP contribution in [0.3, 0.4) is 0 Å². The Hall–Kier alpha value is -0.500. The minimum atomic E-state index is -4.33. The van der Waals surface area contributed by atoms with Gasteiger partial charge in [0.05, 0.1) is 11.6 Å². The van der Waals surface area contributed by atoms with Gasteiger partial charge in [-0.3, -0.25) is 0 Å². The van der Waals surface area contributed by atoms with Crippen molar-refractivity contribution in [2.75, 3.05) is 20.3 Å². The fourth-order valence-electron chi connectivity index (χ4n) is 1.62. The van der Waals surface area contributed by atoms with Crippen LogP contribution in [0.1, 0.15) is 18.0 Å². The summed E-state index contributed by atoms with van der Waals surface area (Å²) in [7, 11) is 1.48.